The van der Waals surface area contributed by atoms with Crippen molar-refractivity contribution in [2.75, 3.05) is 13.1 Å². The predicted molar refractivity (Wildman–Crippen MR) is 97.5 cm³/mol. The molecule has 1 aromatic carbocycles. The summed E-state index contributed by atoms with van der Waals surface area (Å²) in [7, 11) is 0. The van der Waals surface area contributed by atoms with E-state index in [2.05, 4.69) is 25.7 Å². The maximum Gasteiger partial charge on any atom is 0.269 e. The molecular weight excluding hydrogens is 310 g/mol. The van der Waals surface area contributed by atoms with Crippen molar-refractivity contribution in [2.24, 2.45) is 10.9 Å². The molecule has 0 spiro atoms. The molecule has 1 atom stereocenters. The van der Waals surface area contributed by atoms with Gasteiger partial charge in [0.05, 0.1) is 10.6 Å². The van der Waals surface area contributed by atoms with Gasteiger partial charge in [0.25, 0.3) is 5.69 Å². The Bertz CT molecular complexity index is 557. The molecule has 1 aliphatic heterocycles. The summed E-state index contributed by atoms with van der Waals surface area (Å²) >= 11 is 1.84. The number of hydrogen-bond acceptors (Lipinski definition) is 4. The summed E-state index contributed by atoms with van der Waals surface area (Å²) in [5.41, 5.74) is 0.887. The molecule has 126 valence electrons. The first-order chi connectivity index (χ1) is 11.0. The van der Waals surface area contributed by atoms with Gasteiger partial charge in [0.1, 0.15) is 0 Å². The van der Waals surface area contributed by atoms with Crippen molar-refractivity contribution in [3.63, 3.8) is 0 Å². The largest absolute Gasteiger partial charge is 0.350 e. The van der Waals surface area contributed by atoms with E-state index in [1.54, 1.807) is 12.1 Å². The molecule has 1 aliphatic rings. The third-order valence-corrected chi connectivity index (χ3v) is 5.00. The Kier molecular flexibility index (Phi) is 6.45. The second kappa shape index (κ2) is 8.34. The molecule has 1 aromatic rings. The lowest BCUT2D eigenvalue weighted by Gasteiger charge is -2.18. The van der Waals surface area contributed by atoms with Crippen LogP contribution in [0.5, 0.6) is 0 Å². The van der Waals surface area contributed by atoms with Crippen LogP contribution < -0.4 is 0 Å². The summed E-state index contributed by atoms with van der Waals surface area (Å²) in [5.74, 6) is 0.680. The molecule has 1 heterocycles. The van der Waals surface area contributed by atoms with Gasteiger partial charge in [-0.15, -0.1) is 0 Å². The topological polar surface area (TPSA) is 58.7 Å². The summed E-state index contributed by atoms with van der Waals surface area (Å²) in [4.78, 5) is 17.4. The fourth-order valence-electron chi connectivity index (χ4n) is 2.63. The highest BCUT2D eigenvalue weighted by Crippen LogP contribution is 2.32. The number of non-ortho nitro benzene ring substituents is 1. The van der Waals surface area contributed by atoms with E-state index in [1.165, 1.54) is 25.0 Å². The summed E-state index contributed by atoms with van der Waals surface area (Å²) in [6, 6.07) is 6.47. The maximum absolute atomic E-state index is 10.7. The summed E-state index contributed by atoms with van der Waals surface area (Å²) in [6.45, 7) is 8.78. The molecule has 5 nitrogen and oxygen atoms in total. The van der Waals surface area contributed by atoms with Gasteiger partial charge in [-0.3, -0.25) is 10.1 Å². The molecule has 0 N–H and O–H groups in total. The van der Waals surface area contributed by atoms with Gasteiger partial charge in [-0.2, -0.15) is 0 Å². The highest BCUT2D eigenvalue weighted by molar-refractivity contribution is 8.14. The Morgan fingerprint density at radius 1 is 1.39 bits per heavy atom. The number of benzene rings is 1. The third kappa shape index (κ3) is 5.23. The van der Waals surface area contributed by atoms with Gasteiger partial charge in [0.15, 0.2) is 5.17 Å². The van der Waals surface area contributed by atoms with E-state index in [-0.39, 0.29) is 10.6 Å². The number of nitrogens with zero attached hydrogens (tertiary/aromatic N) is 3. The van der Waals surface area contributed by atoms with Crippen molar-refractivity contribution in [2.45, 2.75) is 45.3 Å². The normalized spacial score (nSPS) is 19.7. The standard InChI is InChI=1S/C17H25N3O2S/c1-4-5-10-19-12-16(11-13(2)3)23-17(19)18-14-6-8-15(9-7-14)20(21)22/h6-9,13,16H,4-5,10-12H2,1-3H3. The molecule has 0 amide bonds. The van der Waals surface area contributed by atoms with Gasteiger partial charge in [0, 0.05) is 30.5 Å². The molecular formula is C17H25N3O2S. The van der Waals surface area contributed by atoms with Crippen LogP contribution in [0.3, 0.4) is 0 Å². The molecule has 23 heavy (non-hydrogen) atoms. The van der Waals surface area contributed by atoms with E-state index >= 15 is 0 Å². The lowest BCUT2D eigenvalue weighted by Crippen LogP contribution is -2.27. The number of rotatable bonds is 7. The van der Waals surface area contributed by atoms with Crippen molar-refractivity contribution >= 4 is 28.3 Å². The number of nitro groups is 1. The van der Waals surface area contributed by atoms with Crippen LogP contribution in [0.1, 0.15) is 40.0 Å². The summed E-state index contributed by atoms with van der Waals surface area (Å²) in [6.07, 6.45) is 3.52. The highest BCUT2D eigenvalue weighted by atomic mass is 32.2. The van der Waals surface area contributed by atoms with Gasteiger partial charge in [0.2, 0.25) is 0 Å². The molecule has 2 rings (SSSR count). The molecule has 0 bridgehead atoms. The van der Waals surface area contributed by atoms with E-state index in [0.29, 0.717) is 11.2 Å². The highest BCUT2D eigenvalue weighted by Gasteiger charge is 2.28. The predicted octanol–water partition coefficient (Wildman–Crippen LogP) is 4.85. The van der Waals surface area contributed by atoms with E-state index in [1.807, 2.05) is 11.8 Å². The minimum Gasteiger partial charge on any atom is -0.350 e. The second-order valence-corrected chi connectivity index (χ2v) is 7.60. The van der Waals surface area contributed by atoms with Gasteiger partial charge < -0.3 is 4.90 Å². The zero-order valence-corrected chi connectivity index (χ0v) is 14.9. The SMILES string of the molecule is CCCCN1CC(CC(C)C)SC1=Nc1ccc([N+](=O)[O-])cc1. The number of unbranched alkanes of at least 4 members (excludes halogenated alkanes) is 1. The first-order valence-electron chi connectivity index (χ1n) is 8.24. The number of thioether (sulfide) groups is 1. The van der Waals surface area contributed by atoms with Crippen LogP contribution >= 0.6 is 11.8 Å². The Balaban J connectivity index is 2.13. The summed E-state index contributed by atoms with van der Waals surface area (Å²) < 4.78 is 0. The van der Waals surface area contributed by atoms with Gasteiger partial charge in [-0.25, -0.2) is 4.99 Å². The Labute approximate surface area is 142 Å². The minimum atomic E-state index is -0.381. The van der Waals surface area contributed by atoms with Crippen molar-refractivity contribution in [3.05, 3.63) is 34.4 Å². The molecule has 1 unspecified atom stereocenters. The average molecular weight is 335 g/mol. The summed E-state index contributed by atoms with van der Waals surface area (Å²) in [5, 5.41) is 12.4. The van der Waals surface area contributed by atoms with Crippen molar-refractivity contribution in [1.29, 1.82) is 0 Å². The first kappa shape index (κ1) is 17.8. The van der Waals surface area contributed by atoms with Crippen LogP contribution in [0.2, 0.25) is 0 Å². The van der Waals surface area contributed by atoms with Crippen molar-refractivity contribution in [3.8, 4) is 0 Å². The fourth-order valence-corrected chi connectivity index (χ4v) is 4.13. The van der Waals surface area contributed by atoms with E-state index in [9.17, 15) is 10.1 Å². The van der Waals surface area contributed by atoms with E-state index < -0.39 is 0 Å². The van der Waals surface area contributed by atoms with E-state index in [4.69, 9.17) is 4.99 Å². The monoisotopic (exact) mass is 335 g/mol. The molecule has 6 heteroatoms. The molecule has 0 aliphatic carbocycles. The Morgan fingerprint density at radius 3 is 2.65 bits per heavy atom. The first-order valence-corrected chi connectivity index (χ1v) is 9.12. The fraction of sp³-hybridized carbons (Fsp3) is 0.588. The zero-order valence-electron chi connectivity index (χ0n) is 14.1. The number of aliphatic imine (C=N–C) groups is 1. The van der Waals surface area contributed by atoms with Crippen molar-refractivity contribution < 1.29 is 4.92 Å². The van der Waals surface area contributed by atoms with Crippen LogP contribution in [-0.2, 0) is 0 Å². The lowest BCUT2D eigenvalue weighted by atomic mass is 10.1. The van der Waals surface area contributed by atoms with Gasteiger partial charge in [-0.05, 0) is 30.9 Å². The molecule has 1 fully saturated rings. The van der Waals surface area contributed by atoms with Crippen LogP contribution in [0.25, 0.3) is 0 Å². The quantitative estimate of drug-likeness (QED) is 0.528. The lowest BCUT2D eigenvalue weighted by molar-refractivity contribution is -0.384. The molecule has 0 radical (unpaired) electrons. The minimum absolute atomic E-state index is 0.105. The molecule has 0 aromatic heterocycles. The van der Waals surface area contributed by atoms with Gasteiger partial charge in [-0.1, -0.05) is 39.0 Å². The second-order valence-electron chi connectivity index (χ2n) is 6.34. The van der Waals surface area contributed by atoms with Crippen LogP contribution in [0, 0.1) is 16.0 Å². The average Bonchev–Trinajstić information content (AvgIpc) is 2.86. The van der Waals surface area contributed by atoms with Crippen LogP contribution in [-0.4, -0.2) is 33.3 Å². The van der Waals surface area contributed by atoms with Crippen molar-refractivity contribution in [1.82, 2.24) is 4.90 Å². The number of hydrogen-bond donors (Lipinski definition) is 0. The third-order valence-electron chi connectivity index (χ3n) is 3.77. The van der Waals surface area contributed by atoms with E-state index in [0.717, 1.165) is 30.4 Å². The van der Waals surface area contributed by atoms with Crippen LogP contribution in [0.4, 0.5) is 11.4 Å². The Morgan fingerprint density at radius 2 is 2.09 bits per heavy atom. The van der Waals surface area contributed by atoms with Crippen LogP contribution in [0.15, 0.2) is 29.3 Å². The Hall–Kier alpha value is -1.56. The number of amidine groups is 1. The smallest absolute Gasteiger partial charge is 0.269 e. The maximum atomic E-state index is 10.7. The van der Waals surface area contributed by atoms with Gasteiger partial charge >= 0.3 is 0 Å². The zero-order chi connectivity index (χ0) is 16.8. The number of nitro benzene ring substituents is 1. The molecule has 1 saturated heterocycles. The molecule has 0 saturated carbocycles.